The van der Waals surface area contributed by atoms with Gasteiger partial charge in [0.15, 0.2) is 11.7 Å². The van der Waals surface area contributed by atoms with Gasteiger partial charge in [-0.05, 0) is 7.05 Å². The Labute approximate surface area is 132 Å². The number of hydrogen-bond acceptors (Lipinski definition) is 6. The maximum atomic E-state index is 11.8. The largest absolute Gasteiger partial charge is 0.351 e. The van der Waals surface area contributed by atoms with Crippen molar-refractivity contribution in [1.82, 2.24) is 14.8 Å². The van der Waals surface area contributed by atoms with Crippen molar-refractivity contribution in [2.45, 2.75) is 0 Å². The number of hydrogen-bond donors (Lipinski definition) is 0. The molecule has 4 rings (SSSR count). The van der Waals surface area contributed by atoms with Crippen molar-refractivity contribution in [3.63, 3.8) is 0 Å². The Balaban J connectivity index is 1.78. The van der Waals surface area contributed by atoms with Gasteiger partial charge in [-0.3, -0.25) is 4.79 Å². The fourth-order valence-electron chi connectivity index (χ4n) is 2.90. The Morgan fingerprint density at radius 3 is 2.68 bits per heavy atom. The summed E-state index contributed by atoms with van der Waals surface area (Å²) in [6.07, 6.45) is 1.65. The van der Waals surface area contributed by atoms with Crippen molar-refractivity contribution in [2.75, 3.05) is 44.7 Å². The van der Waals surface area contributed by atoms with Crippen molar-refractivity contribution >= 4 is 40.6 Å². The zero-order valence-corrected chi connectivity index (χ0v) is 12.9. The highest BCUT2D eigenvalue weighted by molar-refractivity contribution is 6.50. The molecule has 0 radical (unpaired) electrons. The minimum atomic E-state index is -0.153. The second-order valence-electron chi connectivity index (χ2n) is 5.64. The van der Waals surface area contributed by atoms with Crippen LogP contribution >= 0.6 is 11.6 Å². The van der Waals surface area contributed by atoms with E-state index < -0.39 is 0 Å². The van der Waals surface area contributed by atoms with Gasteiger partial charge in [-0.15, -0.1) is 0 Å². The summed E-state index contributed by atoms with van der Waals surface area (Å²) < 4.78 is 0. The van der Waals surface area contributed by atoms with Crippen LogP contribution in [-0.2, 0) is 4.79 Å². The fraction of sp³-hybridized carbons (Fsp3) is 0.429. The van der Waals surface area contributed by atoms with E-state index in [1.54, 1.807) is 12.3 Å². The second-order valence-corrected chi connectivity index (χ2v) is 6.02. The number of rotatable bonds is 0. The first-order chi connectivity index (χ1) is 10.6. The number of aliphatic imine (C=N–C) groups is 2. The molecule has 1 saturated heterocycles. The summed E-state index contributed by atoms with van der Waals surface area (Å²) in [6, 6.07) is 1.73. The standard InChI is InChI=1S/C14H15ClN6O/c1-19-2-4-20(5-3-19)13-14-18-12(22)8-21(14)10-7-16-11(15)6-9(10)17-13/h6-7H,2-5,8H2,1H3. The Kier molecular flexibility index (Phi) is 3.12. The van der Waals surface area contributed by atoms with Gasteiger partial charge < -0.3 is 14.7 Å². The molecule has 8 heteroatoms. The Morgan fingerprint density at radius 1 is 1.14 bits per heavy atom. The van der Waals surface area contributed by atoms with Gasteiger partial charge >= 0.3 is 0 Å². The first kappa shape index (κ1) is 13.7. The van der Waals surface area contributed by atoms with Crippen LogP contribution in [0.3, 0.4) is 0 Å². The molecule has 0 aromatic carbocycles. The van der Waals surface area contributed by atoms with Crippen LogP contribution in [0.1, 0.15) is 0 Å². The number of piperazine rings is 1. The molecule has 7 nitrogen and oxygen atoms in total. The molecule has 0 saturated carbocycles. The lowest BCUT2D eigenvalue weighted by molar-refractivity contribution is -0.115. The van der Waals surface area contributed by atoms with E-state index in [1.165, 1.54) is 0 Å². The lowest BCUT2D eigenvalue weighted by Gasteiger charge is -2.37. The lowest BCUT2D eigenvalue weighted by atomic mass is 10.2. The molecule has 0 bridgehead atoms. The van der Waals surface area contributed by atoms with Gasteiger partial charge in [-0.1, -0.05) is 11.6 Å². The molecule has 4 heterocycles. The van der Waals surface area contributed by atoms with Crippen LogP contribution in [0.15, 0.2) is 22.2 Å². The average molecular weight is 319 g/mol. The molecular weight excluding hydrogens is 304 g/mol. The summed E-state index contributed by atoms with van der Waals surface area (Å²) in [5.74, 6) is 1.24. The maximum Gasteiger partial charge on any atom is 0.267 e. The number of halogens is 1. The van der Waals surface area contributed by atoms with Gasteiger partial charge in [-0.25, -0.2) is 9.98 Å². The minimum absolute atomic E-state index is 0.153. The lowest BCUT2D eigenvalue weighted by Crippen LogP contribution is -2.52. The summed E-state index contributed by atoms with van der Waals surface area (Å²) in [6.45, 7) is 3.89. The van der Waals surface area contributed by atoms with Crippen molar-refractivity contribution in [2.24, 2.45) is 9.98 Å². The number of pyridine rings is 1. The summed E-state index contributed by atoms with van der Waals surface area (Å²) in [4.78, 5) is 31.1. The normalized spacial score (nSPS) is 21.5. The monoisotopic (exact) mass is 318 g/mol. The first-order valence-electron chi connectivity index (χ1n) is 7.19. The van der Waals surface area contributed by atoms with Crippen LogP contribution in [0, 0.1) is 0 Å². The van der Waals surface area contributed by atoms with E-state index in [1.807, 2.05) is 4.90 Å². The van der Waals surface area contributed by atoms with E-state index >= 15 is 0 Å². The Bertz CT molecular complexity index is 707. The first-order valence-corrected chi connectivity index (χ1v) is 7.57. The number of aromatic nitrogens is 1. The topological polar surface area (TPSA) is 64.4 Å². The number of carbonyl (C=O) groups excluding carboxylic acids is 1. The number of anilines is 1. The quantitative estimate of drug-likeness (QED) is 0.661. The highest BCUT2D eigenvalue weighted by Gasteiger charge is 2.36. The van der Waals surface area contributed by atoms with Crippen LogP contribution in [0.5, 0.6) is 0 Å². The molecule has 0 spiro atoms. The van der Waals surface area contributed by atoms with Crippen LogP contribution in [-0.4, -0.2) is 72.1 Å². The van der Waals surface area contributed by atoms with Gasteiger partial charge in [0.2, 0.25) is 0 Å². The smallest absolute Gasteiger partial charge is 0.267 e. The minimum Gasteiger partial charge on any atom is -0.351 e. The molecule has 1 fully saturated rings. The number of carbonyl (C=O) groups is 1. The van der Waals surface area contributed by atoms with Crippen LogP contribution in [0.4, 0.5) is 11.4 Å². The van der Waals surface area contributed by atoms with E-state index in [2.05, 4.69) is 26.8 Å². The van der Waals surface area contributed by atoms with Gasteiger partial charge in [0, 0.05) is 32.2 Å². The summed E-state index contributed by atoms with van der Waals surface area (Å²) in [5.41, 5.74) is 1.52. The molecule has 22 heavy (non-hydrogen) atoms. The number of amidine groups is 2. The van der Waals surface area contributed by atoms with Gasteiger partial charge in [0.05, 0.1) is 17.6 Å². The molecular formula is C14H15ClN6O. The Morgan fingerprint density at radius 2 is 1.91 bits per heavy atom. The fourth-order valence-corrected chi connectivity index (χ4v) is 3.05. The molecule has 0 aliphatic carbocycles. The highest BCUT2D eigenvalue weighted by atomic mass is 35.5. The number of fused-ring (bicyclic) bond motifs is 3. The third-order valence-electron chi connectivity index (χ3n) is 4.13. The van der Waals surface area contributed by atoms with Crippen molar-refractivity contribution in [1.29, 1.82) is 0 Å². The molecule has 114 valence electrons. The van der Waals surface area contributed by atoms with E-state index in [4.69, 9.17) is 16.6 Å². The molecule has 3 aliphatic heterocycles. The van der Waals surface area contributed by atoms with E-state index in [0.717, 1.165) is 43.4 Å². The van der Waals surface area contributed by atoms with E-state index in [9.17, 15) is 4.79 Å². The number of nitrogens with zero attached hydrogens (tertiary/aromatic N) is 6. The molecule has 1 aromatic heterocycles. The average Bonchev–Trinajstić information content (AvgIpc) is 2.88. The van der Waals surface area contributed by atoms with E-state index in [-0.39, 0.29) is 12.5 Å². The van der Waals surface area contributed by atoms with Crippen LogP contribution in [0.2, 0.25) is 5.15 Å². The zero-order valence-electron chi connectivity index (χ0n) is 12.2. The van der Waals surface area contributed by atoms with Crippen molar-refractivity contribution in [3.8, 4) is 0 Å². The SMILES string of the molecule is CN1CCN(C2=Nc3cc(Cl)ncc3N3CC(=O)N=C23)CC1. The third-order valence-corrected chi connectivity index (χ3v) is 4.33. The predicted octanol–water partition coefficient (Wildman–Crippen LogP) is 0.771. The number of likely N-dealkylation sites (N-methyl/N-ethyl adjacent to an activating group) is 1. The second kappa shape index (κ2) is 5.03. The van der Waals surface area contributed by atoms with Crippen molar-refractivity contribution < 1.29 is 4.79 Å². The highest BCUT2D eigenvalue weighted by Crippen LogP contribution is 2.36. The molecule has 0 N–H and O–H groups in total. The molecule has 1 amide bonds. The van der Waals surface area contributed by atoms with Crippen LogP contribution < -0.4 is 4.90 Å². The summed E-state index contributed by atoms with van der Waals surface area (Å²) in [7, 11) is 2.10. The van der Waals surface area contributed by atoms with Crippen molar-refractivity contribution in [3.05, 3.63) is 17.4 Å². The third kappa shape index (κ3) is 2.17. The zero-order chi connectivity index (χ0) is 15.3. The van der Waals surface area contributed by atoms with Gasteiger partial charge in [0.1, 0.15) is 11.7 Å². The molecule has 0 unspecified atom stereocenters. The maximum absolute atomic E-state index is 11.8. The molecule has 1 aromatic rings. The molecule has 3 aliphatic rings. The van der Waals surface area contributed by atoms with Gasteiger partial charge in [-0.2, -0.15) is 4.99 Å². The van der Waals surface area contributed by atoms with E-state index in [0.29, 0.717) is 11.0 Å². The number of amides is 1. The summed E-state index contributed by atoms with van der Waals surface area (Å²) in [5, 5.41) is 0.395. The van der Waals surface area contributed by atoms with Gasteiger partial charge in [0.25, 0.3) is 5.91 Å². The Hall–Kier alpha value is -1.99. The summed E-state index contributed by atoms with van der Waals surface area (Å²) >= 11 is 5.98. The predicted molar refractivity (Wildman–Crippen MR) is 85.2 cm³/mol. The molecule has 0 atom stereocenters. The van der Waals surface area contributed by atoms with Crippen LogP contribution in [0.25, 0.3) is 0 Å².